The molecular weight excluding hydrogens is 376 g/mol. The lowest BCUT2D eigenvalue weighted by molar-refractivity contribution is 0.252. The zero-order valence-electron chi connectivity index (χ0n) is 17.3. The predicted octanol–water partition coefficient (Wildman–Crippen LogP) is 5.32. The van der Waals surface area contributed by atoms with Crippen molar-refractivity contribution >= 4 is 22.6 Å². The van der Waals surface area contributed by atoms with Crippen LogP contribution in [0.15, 0.2) is 71.5 Å². The van der Waals surface area contributed by atoms with Crippen molar-refractivity contribution in [2.75, 3.05) is 11.9 Å². The SMILES string of the molecule is CC(C)Cn1ccc2cc(NC(=O)NCCc3coc(-c4ccccc4)n3)ccc21. The smallest absolute Gasteiger partial charge is 0.319 e. The molecule has 2 N–H and O–H groups in total. The second kappa shape index (κ2) is 8.86. The Bertz CT molecular complexity index is 1130. The number of carbonyl (C=O) groups excluding carboxylic acids is 1. The summed E-state index contributed by atoms with van der Waals surface area (Å²) in [5.41, 5.74) is 3.69. The van der Waals surface area contributed by atoms with Crippen LogP contribution in [0.2, 0.25) is 0 Å². The topological polar surface area (TPSA) is 72.1 Å². The van der Waals surface area contributed by atoms with E-state index < -0.39 is 0 Å². The average molecular weight is 402 g/mol. The number of oxazole rings is 1. The van der Waals surface area contributed by atoms with Crippen LogP contribution in [0.1, 0.15) is 19.5 Å². The summed E-state index contributed by atoms with van der Waals surface area (Å²) >= 11 is 0. The van der Waals surface area contributed by atoms with Crippen LogP contribution in [0.5, 0.6) is 0 Å². The number of aromatic nitrogens is 2. The molecule has 0 aliphatic carbocycles. The molecular formula is C24H26N4O2. The van der Waals surface area contributed by atoms with Gasteiger partial charge in [-0.15, -0.1) is 0 Å². The fraction of sp³-hybridized carbons (Fsp3) is 0.250. The quantitative estimate of drug-likeness (QED) is 0.440. The van der Waals surface area contributed by atoms with Crippen molar-refractivity contribution in [3.8, 4) is 11.5 Å². The minimum Gasteiger partial charge on any atom is -0.444 e. The number of nitrogens with one attached hydrogen (secondary N) is 2. The van der Waals surface area contributed by atoms with E-state index in [4.69, 9.17) is 4.42 Å². The van der Waals surface area contributed by atoms with Gasteiger partial charge in [0.05, 0.1) is 5.69 Å². The third kappa shape index (κ3) is 4.71. The summed E-state index contributed by atoms with van der Waals surface area (Å²) in [5, 5.41) is 6.88. The standard InChI is InChI=1S/C24H26N4O2/c1-17(2)15-28-13-11-19-14-20(8-9-22(19)28)27-24(29)25-12-10-21-16-30-23(26-21)18-6-4-3-5-7-18/h3-9,11,13-14,16-17H,10,12,15H2,1-2H3,(H2,25,27,29). The van der Waals surface area contributed by atoms with Gasteiger partial charge in [0.25, 0.3) is 0 Å². The van der Waals surface area contributed by atoms with E-state index >= 15 is 0 Å². The Morgan fingerprint density at radius 1 is 1.13 bits per heavy atom. The summed E-state index contributed by atoms with van der Waals surface area (Å²) in [5.74, 6) is 1.17. The molecule has 6 heteroatoms. The number of nitrogens with zero attached hydrogens (tertiary/aromatic N) is 2. The molecule has 0 aliphatic heterocycles. The summed E-state index contributed by atoms with van der Waals surface area (Å²) in [6.07, 6.45) is 4.33. The number of benzene rings is 2. The predicted molar refractivity (Wildman–Crippen MR) is 119 cm³/mol. The lowest BCUT2D eigenvalue weighted by Crippen LogP contribution is -2.30. The highest BCUT2D eigenvalue weighted by Crippen LogP contribution is 2.21. The maximum Gasteiger partial charge on any atom is 0.319 e. The van der Waals surface area contributed by atoms with Gasteiger partial charge in [-0.25, -0.2) is 9.78 Å². The summed E-state index contributed by atoms with van der Waals surface area (Å²) in [4.78, 5) is 16.7. The number of rotatable bonds is 7. The Hall–Kier alpha value is -3.54. The van der Waals surface area contributed by atoms with Crippen LogP contribution in [0.3, 0.4) is 0 Å². The van der Waals surface area contributed by atoms with Crippen molar-refractivity contribution in [1.29, 1.82) is 0 Å². The van der Waals surface area contributed by atoms with Crippen LogP contribution >= 0.6 is 0 Å². The monoisotopic (exact) mass is 402 g/mol. The highest BCUT2D eigenvalue weighted by Gasteiger charge is 2.08. The maximum atomic E-state index is 12.2. The van der Waals surface area contributed by atoms with Gasteiger partial charge in [-0.05, 0) is 42.3 Å². The number of carbonyl (C=O) groups is 1. The van der Waals surface area contributed by atoms with Crippen molar-refractivity contribution in [2.24, 2.45) is 5.92 Å². The molecule has 0 saturated carbocycles. The van der Waals surface area contributed by atoms with Gasteiger partial charge in [0.15, 0.2) is 0 Å². The lowest BCUT2D eigenvalue weighted by Gasteiger charge is -2.10. The van der Waals surface area contributed by atoms with E-state index in [1.54, 1.807) is 6.26 Å². The first-order valence-electron chi connectivity index (χ1n) is 10.2. The second-order valence-electron chi connectivity index (χ2n) is 7.78. The first-order valence-corrected chi connectivity index (χ1v) is 10.2. The van der Waals surface area contributed by atoms with E-state index in [1.807, 2.05) is 48.5 Å². The van der Waals surface area contributed by atoms with E-state index in [2.05, 4.69) is 46.3 Å². The first-order chi connectivity index (χ1) is 14.6. The zero-order valence-corrected chi connectivity index (χ0v) is 17.3. The van der Waals surface area contributed by atoms with Crippen molar-refractivity contribution in [2.45, 2.75) is 26.8 Å². The van der Waals surface area contributed by atoms with Crippen LogP contribution in [0, 0.1) is 5.92 Å². The molecule has 0 fully saturated rings. The van der Waals surface area contributed by atoms with Crippen LogP contribution < -0.4 is 10.6 Å². The largest absolute Gasteiger partial charge is 0.444 e. The van der Waals surface area contributed by atoms with Crippen molar-refractivity contribution in [1.82, 2.24) is 14.9 Å². The number of fused-ring (bicyclic) bond motifs is 1. The molecule has 0 saturated heterocycles. The summed E-state index contributed by atoms with van der Waals surface area (Å²) in [6, 6.07) is 17.6. The third-order valence-electron chi connectivity index (χ3n) is 4.83. The van der Waals surface area contributed by atoms with Crippen LogP contribution in [0.4, 0.5) is 10.5 Å². The van der Waals surface area contributed by atoms with E-state index in [-0.39, 0.29) is 6.03 Å². The van der Waals surface area contributed by atoms with Crippen molar-refractivity contribution < 1.29 is 9.21 Å². The molecule has 0 radical (unpaired) electrons. The zero-order chi connectivity index (χ0) is 20.9. The number of hydrogen-bond acceptors (Lipinski definition) is 3. The van der Waals surface area contributed by atoms with Crippen LogP contribution in [0.25, 0.3) is 22.4 Å². The Kier molecular flexibility index (Phi) is 5.84. The molecule has 154 valence electrons. The van der Waals surface area contributed by atoms with Gasteiger partial charge in [0.2, 0.25) is 5.89 Å². The van der Waals surface area contributed by atoms with Gasteiger partial charge in [-0.2, -0.15) is 0 Å². The maximum absolute atomic E-state index is 12.2. The normalized spacial score (nSPS) is 11.2. The molecule has 4 rings (SSSR count). The molecule has 30 heavy (non-hydrogen) atoms. The Morgan fingerprint density at radius 3 is 2.77 bits per heavy atom. The highest BCUT2D eigenvalue weighted by atomic mass is 16.3. The number of amides is 2. The van der Waals surface area contributed by atoms with Gasteiger partial charge in [0, 0.05) is 47.9 Å². The molecule has 0 bridgehead atoms. The van der Waals surface area contributed by atoms with Crippen molar-refractivity contribution in [3.63, 3.8) is 0 Å². The summed E-state index contributed by atoms with van der Waals surface area (Å²) in [7, 11) is 0. The second-order valence-corrected chi connectivity index (χ2v) is 7.78. The summed E-state index contributed by atoms with van der Waals surface area (Å²) < 4.78 is 7.77. The highest BCUT2D eigenvalue weighted by molar-refractivity contribution is 5.92. The van der Waals surface area contributed by atoms with Gasteiger partial charge < -0.3 is 19.6 Å². The summed E-state index contributed by atoms with van der Waals surface area (Å²) in [6.45, 7) is 5.85. The molecule has 0 atom stereocenters. The van der Waals surface area contributed by atoms with Gasteiger partial charge >= 0.3 is 6.03 Å². The molecule has 0 aliphatic rings. The molecule has 4 aromatic rings. The Morgan fingerprint density at radius 2 is 1.97 bits per heavy atom. The van der Waals surface area contributed by atoms with E-state index in [0.717, 1.165) is 28.9 Å². The minimum atomic E-state index is -0.234. The average Bonchev–Trinajstić information content (AvgIpc) is 3.36. The molecule has 2 heterocycles. The third-order valence-corrected chi connectivity index (χ3v) is 4.83. The van der Waals surface area contributed by atoms with Crippen LogP contribution in [-0.2, 0) is 13.0 Å². The van der Waals surface area contributed by atoms with E-state index in [9.17, 15) is 4.79 Å². The number of anilines is 1. The molecule has 0 unspecified atom stereocenters. The Balaban J connectivity index is 1.29. The molecule has 6 nitrogen and oxygen atoms in total. The van der Waals surface area contributed by atoms with Crippen LogP contribution in [-0.4, -0.2) is 22.1 Å². The van der Waals surface area contributed by atoms with Crippen molar-refractivity contribution in [3.05, 3.63) is 72.8 Å². The van der Waals surface area contributed by atoms with E-state index in [1.165, 1.54) is 5.52 Å². The molecule has 0 spiro atoms. The molecule has 2 aromatic carbocycles. The van der Waals surface area contributed by atoms with E-state index in [0.29, 0.717) is 24.8 Å². The van der Waals surface area contributed by atoms with Gasteiger partial charge in [-0.1, -0.05) is 32.0 Å². The number of hydrogen-bond donors (Lipinski definition) is 2. The molecule has 2 aromatic heterocycles. The van der Waals surface area contributed by atoms with Gasteiger partial charge in [0.1, 0.15) is 6.26 Å². The minimum absolute atomic E-state index is 0.234. The fourth-order valence-electron chi connectivity index (χ4n) is 3.45. The fourth-order valence-corrected chi connectivity index (χ4v) is 3.45. The van der Waals surface area contributed by atoms with Gasteiger partial charge in [-0.3, -0.25) is 0 Å². The lowest BCUT2D eigenvalue weighted by atomic mass is 10.2. The Labute approximate surface area is 175 Å². The number of urea groups is 1. The molecule has 2 amide bonds. The first kappa shape index (κ1) is 19.8.